The Morgan fingerprint density at radius 1 is 1.35 bits per heavy atom. The molecule has 0 aliphatic rings. The van der Waals surface area contributed by atoms with E-state index in [1.54, 1.807) is 7.05 Å². The Morgan fingerprint density at radius 2 is 1.94 bits per heavy atom. The molecular formula is C11H19N3O2S. The monoisotopic (exact) mass is 257 g/mol. The minimum Gasteiger partial charge on any atom is -0.384 e. The Bertz CT molecular complexity index is 474. The van der Waals surface area contributed by atoms with Crippen LogP contribution in [-0.4, -0.2) is 31.3 Å². The highest BCUT2D eigenvalue weighted by atomic mass is 32.2. The third kappa shape index (κ3) is 3.67. The second kappa shape index (κ2) is 4.62. The standard InChI is InChI=1S/C11H19N3O2S/c1-11(2,3)8-14(4)17(15,16)9-5-6-10(12)13-7-9/h5-7H,8H2,1-4H3,(H2,12,13). The number of hydrogen-bond acceptors (Lipinski definition) is 4. The van der Waals surface area contributed by atoms with Gasteiger partial charge in [0.1, 0.15) is 10.7 Å². The SMILES string of the molecule is CN(CC(C)(C)C)S(=O)(=O)c1ccc(N)nc1. The van der Waals surface area contributed by atoms with E-state index in [2.05, 4.69) is 4.98 Å². The first-order valence-corrected chi connectivity index (χ1v) is 6.75. The molecule has 0 saturated carbocycles. The first-order valence-electron chi connectivity index (χ1n) is 5.31. The van der Waals surface area contributed by atoms with Gasteiger partial charge in [0.25, 0.3) is 0 Å². The Labute approximate surface area is 103 Å². The summed E-state index contributed by atoms with van der Waals surface area (Å²) in [7, 11) is -1.91. The average Bonchev–Trinajstić information content (AvgIpc) is 2.15. The van der Waals surface area contributed by atoms with Crippen molar-refractivity contribution < 1.29 is 8.42 Å². The van der Waals surface area contributed by atoms with E-state index in [1.165, 1.54) is 22.6 Å². The van der Waals surface area contributed by atoms with Gasteiger partial charge in [-0.05, 0) is 17.5 Å². The number of aromatic nitrogens is 1. The lowest BCUT2D eigenvalue weighted by Gasteiger charge is -2.25. The van der Waals surface area contributed by atoms with E-state index >= 15 is 0 Å². The largest absolute Gasteiger partial charge is 0.384 e. The van der Waals surface area contributed by atoms with Crippen LogP contribution in [0.25, 0.3) is 0 Å². The number of nitrogens with zero attached hydrogens (tertiary/aromatic N) is 2. The van der Waals surface area contributed by atoms with Gasteiger partial charge < -0.3 is 5.73 Å². The van der Waals surface area contributed by atoms with Crippen molar-refractivity contribution in [3.63, 3.8) is 0 Å². The van der Waals surface area contributed by atoms with Crippen LogP contribution >= 0.6 is 0 Å². The molecule has 6 heteroatoms. The van der Waals surface area contributed by atoms with Crippen LogP contribution in [0.15, 0.2) is 23.2 Å². The first kappa shape index (κ1) is 13.9. The van der Waals surface area contributed by atoms with Crippen molar-refractivity contribution in [3.8, 4) is 0 Å². The molecule has 1 rings (SSSR count). The minimum absolute atomic E-state index is 0.0942. The van der Waals surface area contributed by atoms with Crippen LogP contribution in [-0.2, 0) is 10.0 Å². The second-order valence-corrected chi connectivity index (χ2v) is 7.29. The van der Waals surface area contributed by atoms with Gasteiger partial charge in [-0.2, -0.15) is 0 Å². The van der Waals surface area contributed by atoms with Crippen molar-refractivity contribution in [2.45, 2.75) is 25.7 Å². The van der Waals surface area contributed by atoms with Crippen LogP contribution < -0.4 is 5.73 Å². The predicted molar refractivity (Wildman–Crippen MR) is 67.9 cm³/mol. The topological polar surface area (TPSA) is 76.3 Å². The molecule has 0 aliphatic heterocycles. The fraction of sp³-hybridized carbons (Fsp3) is 0.545. The van der Waals surface area contributed by atoms with Crippen LogP contribution in [0.4, 0.5) is 5.82 Å². The van der Waals surface area contributed by atoms with Gasteiger partial charge in [-0.15, -0.1) is 0 Å². The lowest BCUT2D eigenvalue weighted by Crippen LogP contribution is -2.34. The van der Waals surface area contributed by atoms with Gasteiger partial charge in [0.05, 0.1) is 0 Å². The number of nitrogen functional groups attached to an aromatic ring is 1. The van der Waals surface area contributed by atoms with Gasteiger partial charge in [-0.3, -0.25) is 0 Å². The van der Waals surface area contributed by atoms with Gasteiger partial charge >= 0.3 is 0 Å². The van der Waals surface area contributed by atoms with Crippen molar-refractivity contribution in [2.24, 2.45) is 5.41 Å². The molecule has 96 valence electrons. The van der Waals surface area contributed by atoms with E-state index in [0.29, 0.717) is 12.4 Å². The zero-order valence-corrected chi connectivity index (χ0v) is 11.5. The number of pyridine rings is 1. The molecule has 0 bridgehead atoms. The van der Waals surface area contributed by atoms with Crippen LogP contribution in [0, 0.1) is 5.41 Å². The van der Waals surface area contributed by atoms with Gasteiger partial charge in [0, 0.05) is 19.8 Å². The second-order valence-electron chi connectivity index (χ2n) is 5.24. The normalized spacial score (nSPS) is 13.0. The molecule has 0 radical (unpaired) electrons. The van der Waals surface area contributed by atoms with Gasteiger partial charge in [-0.1, -0.05) is 20.8 Å². The molecule has 2 N–H and O–H groups in total. The summed E-state index contributed by atoms with van der Waals surface area (Å²) in [4.78, 5) is 3.96. The molecule has 5 nitrogen and oxygen atoms in total. The first-order chi connectivity index (χ1) is 7.63. The zero-order chi connectivity index (χ0) is 13.3. The van der Waals surface area contributed by atoms with Gasteiger partial charge in [0.15, 0.2) is 0 Å². The maximum absolute atomic E-state index is 12.2. The van der Waals surface area contributed by atoms with Gasteiger partial charge in [0.2, 0.25) is 10.0 Å². The maximum atomic E-state index is 12.2. The summed E-state index contributed by atoms with van der Waals surface area (Å²) < 4.78 is 25.7. The summed E-state index contributed by atoms with van der Waals surface area (Å²) in [6.45, 7) is 6.40. The maximum Gasteiger partial charge on any atom is 0.244 e. The molecule has 0 aliphatic carbocycles. The lowest BCUT2D eigenvalue weighted by molar-refractivity contribution is 0.310. The quantitative estimate of drug-likeness (QED) is 0.886. The number of nitrogens with two attached hydrogens (primary N) is 1. The highest BCUT2D eigenvalue weighted by Gasteiger charge is 2.25. The van der Waals surface area contributed by atoms with Crippen molar-refractivity contribution in [2.75, 3.05) is 19.3 Å². The highest BCUT2D eigenvalue weighted by Crippen LogP contribution is 2.20. The van der Waals surface area contributed by atoms with Crippen molar-refractivity contribution in [3.05, 3.63) is 18.3 Å². The summed E-state index contributed by atoms with van der Waals surface area (Å²) in [6.07, 6.45) is 1.28. The zero-order valence-electron chi connectivity index (χ0n) is 10.6. The molecule has 0 atom stereocenters. The smallest absolute Gasteiger partial charge is 0.244 e. The van der Waals surface area contributed by atoms with Crippen LogP contribution in [0.3, 0.4) is 0 Å². The fourth-order valence-electron chi connectivity index (χ4n) is 1.48. The molecule has 0 amide bonds. The van der Waals surface area contributed by atoms with E-state index in [-0.39, 0.29) is 10.3 Å². The predicted octanol–water partition coefficient (Wildman–Crippen LogP) is 1.33. The third-order valence-corrected chi connectivity index (χ3v) is 3.95. The van der Waals surface area contributed by atoms with Gasteiger partial charge in [-0.25, -0.2) is 17.7 Å². The van der Waals surface area contributed by atoms with E-state index in [4.69, 9.17) is 5.73 Å². The van der Waals surface area contributed by atoms with E-state index in [9.17, 15) is 8.42 Å². The molecular weight excluding hydrogens is 238 g/mol. The molecule has 0 unspecified atom stereocenters. The van der Waals surface area contributed by atoms with E-state index in [0.717, 1.165) is 0 Å². The lowest BCUT2D eigenvalue weighted by atomic mass is 9.97. The molecule has 17 heavy (non-hydrogen) atoms. The Kier molecular flexibility index (Phi) is 3.78. The summed E-state index contributed by atoms with van der Waals surface area (Å²) in [6, 6.07) is 2.95. The van der Waals surface area contributed by atoms with E-state index in [1.807, 2.05) is 20.8 Å². The molecule has 0 spiro atoms. The summed E-state index contributed by atoms with van der Waals surface area (Å²) in [5, 5.41) is 0. The van der Waals surface area contributed by atoms with Crippen molar-refractivity contribution in [1.82, 2.24) is 9.29 Å². The number of rotatable bonds is 3. The summed E-state index contributed by atoms with van der Waals surface area (Å²) in [5.74, 6) is 0.308. The van der Waals surface area contributed by atoms with Crippen LogP contribution in [0.2, 0.25) is 0 Å². The molecule has 1 aromatic heterocycles. The minimum atomic E-state index is -3.47. The number of hydrogen-bond donors (Lipinski definition) is 1. The van der Waals surface area contributed by atoms with Crippen molar-refractivity contribution >= 4 is 15.8 Å². The number of sulfonamides is 1. The van der Waals surface area contributed by atoms with Crippen molar-refractivity contribution in [1.29, 1.82) is 0 Å². The molecule has 0 saturated heterocycles. The van der Waals surface area contributed by atoms with Crippen LogP contribution in [0.1, 0.15) is 20.8 Å². The van der Waals surface area contributed by atoms with E-state index < -0.39 is 10.0 Å². The highest BCUT2D eigenvalue weighted by molar-refractivity contribution is 7.89. The number of anilines is 1. The Balaban J connectivity index is 2.99. The molecule has 0 fully saturated rings. The summed E-state index contributed by atoms with van der Waals surface area (Å²) in [5.41, 5.74) is 5.33. The average molecular weight is 257 g/mol. The molecule has 0 aromatic carbocycles. The third-order valence-electron chi connectivity index (χ3n) is 2.16. The molecule has 1 aromatic rings. The summed E-state index contributed by atoms with van der Waals surface area (Å²) >= 11 is 0. The van der Waals surface area contributed by atoms with Crippen LogP contribution in [0.5, 0.6) is 0 Å². The fourth-order valence-corrected chi connectivity index (χ4v) is 2.82. The Hall–Kier alpha value is -1.14. The molecule has 1 heterocycles. The Morgan fingerprint density at radius 3 is 2.35 bits per heavy atom.